The number of carbonyl (C=O) groups excluding carboxylic acids is 2. The minimum atomic E-state index is -0.192. The molecule has 0 aromatic carbocycles. The van der Waals surface area contributed by atoms with Gasteiger partial charge in [-0.15, -0.1) is 0 Å². The van der Waals surface area contributed by atoms with E-state index < -0.39 is 0 Å². The number of Topliss-reactive ketones (excluding diaryl/α,β-unsaturated/α-hetero) is 1. The first kappa shape index (κ1) is 8.73. The summed E-state index contributed by atoms with van der Waals surface area (Å²) in [5.41, 5.74) is 0. The van der Waals surface area contributed by atoms with E-state index in [4.69, 9.17) is 4.74 Å². The molecular weight excluding hydrogens is 168 g/mol. The Morgan fingerprint density at radius 3 is 2.77 bits per heavy atom. The summed E-state index contributed by atoms with van der Waals surface area (Å²) in [5, 5.41) is 0. The molecule has 0 radical (unpaired) electrons. The van der Waals surface area contributed by atoms with Gasteiger partial charge in [-0.3, -0.25) is 9.59 Å². The van der Waals surface area contributed by atoms with Gasteiger partial charge in [0.2, 0.25) is 0 Å². The van der Waals surface area contributed by atoms with Crippen LogP contribution in [0.25, 0.3) is 0 Å². The molecule has 0 aliphatic heterocycles. The molecule has 3 saturated carbocycles. The van der Waals surface area contributed by atoms with Crippen molar-refractivity contribution in [3.8, 4) is 0 Å². The van der Waals surface area contributed by atoms with Crippen molar-refractivity contribution in [1.82, 2.24) is 0 Å². The molecule has 3 rings (SSSR count). The second-order valence-electron chi connectivity index (χ2n) is 4.09. The zero-order valence-corrected chi connectivity index (χ0v) is 7.79. The Labute approximate surface area is 77.4 Å². The summed E-state index contributed by atoms with van der Waals surface area (Å²) >= 11 is 0. The predicted molar refractivity (Wildman–Crippen MR) is 46.0 cm³/mol. The molecule has 13 heavy (non-hydrogen) atoms. The highest BCUT2D eigenvalue weighted by atomic mass is 16.5. The predicted octanol–water partition coefficient (Wildman–Crippen LogP) is 1.16. The maximum Gasteiger partial charge on any atom is 0.309 e. The zero-order chi connectivity index (χ0) is 9.42. The number of ketones is 1. The maximum absolute atomic E-state index is 11.5. The van der Waals surface area contributed by atoms with Crippen molar-refractivity contribution in [3.63, 3.8) is 0 Å². The number of rotatable bonds is 1. The van der Waals surface area contributed by atoms with Crippen LogP contribution >= 0.6 is 0 Å². The Hall–Kier alpha value is -0.860. The van der Waals surface area contributed by atoms with E-state index >= 15 is 0 Å². The molecule has 3 aliphatic rings. The first-order valence-electron chi connectivity index (χ1n) is 4.83. The van der Waals surface area contributed by atoms with Crippen molar-refractivity contribution >= 4 is 11.8 Å². The first-order valence-corrected chi connectivity index (χ1v) is 4.83. The Morgan fingerprint density at radius 1 is 1.46 bits per heavy atom. The lowest BCUT2D eigenvalue weighted by Crippen LogP contribution is -2.42. The Kier molecular flexibility index (Phi) is 2.10. The largest absolute Gasteiger partial charge is 0.469 e. The SMILES string of the molecule is COC(=O)[C@@H]1C[C@H]2CC[C@@H]1C(=O)C2. The molecule has 3 fully saturated rings. The minimum Gasteiger partial charge on any atom is -0.469 e. The van der Waals surface area contributed by atoms with E-state index in [1.165, 1.54) is 7.11 Å². The number of hydrogen-bond donors (Lipinski definition) is 0. The molecule has 3 atom stereocenters. The van der Waals surface area contributed by atoms with Gasteiger partial charge in [-0.25, -0.2) is 0 Å². The molecule has 0 spiro atoms. The highest BCUT2D eigenvalue weighted by molar-refractivity contribution is 5.88. The summed E-state index contributed by atoms with van der Waals surface area (Å²) in [5.74, 6) is 0.365. The number of ether oxygens (including phenoxy) is 1. The van der Waals surface area contributed by atoms with Crippen molar-refractivity contribution in [2.75, 3.05) is 7.11 Å². The Morgan fingerprint density at radius 2 is 2.23 bits per heavy atom. The normalized spacial score (nSPS) is 37.6. The highest BCUT2D eigenvalue weighted by Crippen LogP contribution is 2.43. The van der Waals surface area contributed by atoms with Gasteiger partial charge in [0.15, 0.2) is 0 Å². The van der Waals surface area contributed by atoms with Crippen LogP contribution in [0.5, 0.6) is 0 Å². The molecule has 0 heterocycles. The molecule has 0 aromatic rings. The second kappa shape index (κ2) is 3.13. The van der Waals surface area contributed by atoms with E-state index in [0.29, 0.717) is 12.3 Å². The lowest BCUT2D eigenvalue weighted by molar-refractivity contribution is -0.156. The molecule has 0 saturated heterocycles. The van der Waals surface area contributed by atoms with Gasteiger partial charge in [0.1, 0.15) is 5.78 Å². The Balaban J connectivity index is 2.14. The van der Waals surface area contributed by atoms with Gasteiger partial charge >= 0.3 is 5.97 Å². The maximum atomic E-state index is 11.5. The van der Waals surface area contributed by atoms with Crippen LogP contribution in [0.2, 0.25) is 0 Å². The third-order valence-corrected chi connectivity index (χ3v) is 3.37. The third kappa shape index (κ3) is 1.36. The van der Waals surface area contributed by atoms with Crippen molar-refractivity contribution in [3.05, 3.63) is 0 Å². The van der Waals surface area contributed by atoms with Crippen LogP contribution in [0.4, 0.5) is 0 Å². The van der Waals surface area contributed by atoms with Crippen molar-refractivity contribution in [2.24, 2.45) is 17.8 Å². The smallest absolute Gasteiger partial charge is 0.309 e. The lowest BCUT2D eigenvalue weighted by atomic mass is 9.64. The van der Waals surface area contributed by atoms with Crippen molar-refractivity contribution in [1.29, 1.82) is 0 Å². The van der Waals surface area contributed by atoms with E-state index in [-0.39, 0.29) is 23.6 Å². The van der Waals surface area contributed by atoms with Gasteiger partial charge in [0.05, 0.1) is 13.0 Å². The molecule has 2 bridgehead atoms. The lowest BCUT2D eigenvalue weighted by Gasteiger charge is -2.39. The van der Waals surface area contributed by atoms with Crippen LogP contribution in [-0.2, 0) is 14.3 Å². The average molecular weight is 182 g/mol. The molecule has 0 aromatic heterocycles. The van der Waals surface area contributed by atoms with Crippen LogP contribution in [0.15, 0.2) is 0 Å². The standard InChI is InChI=1S/C10H14O3/c1-13-10(12)8-4-6-2-3-7(8)9(11)5-6/h6-8H,2-5H2,1H3/t6-,7+,8-/m1/s1. The first-order chi connectivity index (χ1) is 6.22. The van der Waals surface area contributed by atoms with E-state index in [9.17, 15) is 9.59 Å². The topological polar surface area (TPSA) is 43.4 Å². The zero-order valence-electron chi connectivity index (χ0n) is 7.79. The molecule has 72 valence electrons. The van der Waals surface area contributed by atoms with E-state index in [1.54, 1.807) is 0 Å². The summed E-state index contributed by atoms with van der Waals surface area (Å²) in [6, 6.07) is 0. The molecule has 3 nitrogen and oxygen atoms in total. The summed E-state index contributed by atoms with van der Waals surface area (Å²) in [7, 11) is 1.40. The number of hydrogen-bond acceptors (Lipinski definition) is 3. The fraction of sp³-hybridized carbons (Fsp3) is 0.800. The number of methoxy groups -OCH3 is 1. The second-order valence-corrected chi connectivity index (χ2v) is 4.09. The monoisotopic (exact) mass is 182 g/mol. The molecule has 0 amide bonds. The van der Waals surface area contributed by atoms with Gasteiger partial charge < -0.3 is 4.74 Å². The fourth-order valence-corrected chi connectivity index (χ4v) is 2.68. The number of esters is 1. The van der Waals surface area contributed by atoms with Crippen molar-refractivity contribution in [2.45, 2.75) is 25.7 Å². The van der Waals surface area contributed by atoms with Gasteiger partial charge in [0, 0.05) is 12.3 Å². The van der Waals surface area contributed by atoms with Crippen LogP contribution in [0.1, 0.15) is 25.7 Å². The van der Waals surface area contributed by atoms with Gasteiger partial charge in [-0.1, -0.05) is 0 Å². The summed E-state index contributed by atoms with van der Waals surface area (Å²) in [6.45, 7) is 0. The fourth-order valence-electron chi connectivity index (χ4n) is 2.68. The van der Waals surface area contributed by atoms with Crippen LogP contribution in [-0.4, -0.2) is 18.9 Å². The van der Waals surface area contributed by atoms with Gasteiger partial charge in [-0.05, 0) is 25.2 Å². The van der Waals surface area contributed by atoms with E-state index in [1.807, 2.05) is 0 Å². The molecule has 3 aliphatic carbocycles. The average Bonchev–Trinajstić information content (AvgIpc) is 2.17. The quantitative estimate of drug-likeness (QED) is 0.571. The van der Waals surface area contributed by atoms with Crippen molar-refractivity contribution < 1.29 is 14.3 Å². The third-order valence-electron chi connectivity index (χ3n) is 3.37. The van der Waals surface area contributed by atoms with Crippen LogP contribution in [0.3, 0.4) is 0 Å². The summed E-state index contributed by atoms with van der Waals surface area (Å²) in [6.07, 6.45) is 3.56. The summed E-state index contributed by atoms with van der Waals surface area (Å²) in [4.78, 5) is 22.8. The van der Waals surface area contributed by atoms with E-state index in [2.05, 4.69) is 0 Å². The molecule has 3 heteroatoms. The number of fused-ring (bicyclic) bond motifs is 3. The molecule has 0 unspecified atom stereocenters. The van der Waals surface area contributed by atoms with Gasteiger partial charge in [-0.2, -0.15) is 0 Å². The minimum absolute atomic E-state index is 0.0301. The van der Waals surface area contributed by atoms with E-state index in [0.717, 1.165) is 19.3 Å². The highest BCUT2D eigenvalue weighted by Gasteiger charge is 2.44. The van der Waals surface area contributed by atoms with Crippen LogP contribution in [0, 0.1) is 17.8 Å². The summed E-state index contributed by atoms with van der Waals surface area (Å²) < 4.78 is 4.70. The van der Waals surface area contributed by atoms with Crippen LogP contribution < -0.4 is 0 Å². The molecular formula is C10H14O3. The molecule has 0 N–H and O–H groups in total. The Bertz CT molecular complexity index is 247. The van der Waals surface area contributed by atoms with Gasteiger partial charge in [0.25, 0.3) is 0 Å². The number of carbonyl (C=O) groups is 2.